The van der Waals surface area contributed by atoms with Crippen LogP contribution in [0, 0.1) is 5.92 Å². The molecule has 6 nitrogen and oxygen atoms in total. The molecule has 0 radical (unpaired) electrons. The van der Waals surface area contributed by atoms with Gasteiger partial charge in [-0.3, -0.25) is 0 Å². The second-order valence-electron chi connectivity index (χ2n) is 6.03. The van der Waals surface area contributed by atoms with Crippen molar-refractivity contribution in [1.82, 2.24) is 14.6 Å². The Balaban J connectivity index is 2.08. The maximum absolute atomic E-state index is 11.2. The lowest BCUT2D eigenvalue weighted by molar-refractivity contribution is 0.0690. The second kappa shape index (κ2) is 7.11. The number of benzene rings is 1. The van der Waals surface area contributed by atoms with Gasteiger partial charge < -0.3 is 10.4 Å². The van der Waals surface area contributed by atoms with E-state index in [1.807, 2.05) is 18.2 Å². The van der Waals surface area contributed by atoms with Crippen LogP contribution in [-0.4, -0.2) is 32.2 Å². The van der Waals surface area contributed by atoms with Crippen LogP contribution in [0.1, 0.15) is 30.8 Å². The first-order valence-electron chi connectivity index (χ1n) is 8.12. The fourth-order valence-electron chi connectivity index (χ4n) is 2.40. The molecule has 0 spiro atoms. The fraction of sp³-hybridized carbons (Fsp3) is 0.278. The van der Waals surface area contributed by atoms with E-state index in [0.717, 1.165) is 24.2 Å². The minimum Gasteiger partial charge on any atom is -0.476 e. The normalized spacial score (nSPS) is 12.3. The number of halogens is 1. The lowest BCUT2D eigenvalue weighted by Gasteiger charge is -2.13. The third-order valence-corrected chi connectivity index (χ3v) is 4.37. The lowest BCUT2D eigenvalue weighted by atomic mass is 10.1. The van der Waals surface area contributed by atoms with Gasteiger partial charge in [-0.2, -0.15) is 9.61 Å². The lowest BCUT2D eigenvalue weighted by Crippen LogP contribution is -2.14. The molecule has 0 aliphatic carbocycles. The molecule has 2 heterocycles. The first-order valence-corrected chi connectivity index (χ1v) is 8.49. The average Bonchev–Trinajstić information content (AvgIpc) is 3.04. The van der Waals surface area contributed by atoms with Crippen LogP contribution in [0.25, 0.3) is 16.9 Å². The van der Waals surface area contributed by atoms with Crippen LogP contribution in [0.15, 0.2) is 36.4 Å². The van der Waals surface area contributed by atoms with Gasteiger partial charge in [-0.1, -0.05) is 44.0 Å². The van der Waals surface area contributed by atoms with Gasteiger partial charge in [0.25, 0.3) is 0 Å². The Morgan fingerprint density at radius 3 is 2.68 bits per heavy atom. The summed E-state index contributed by atoms with van der Waals surface area (Å²) in [5.74, 6) is 0.117. The highest BCUT2D eigenvalue weighted by molar-refractivity contribution is 6.30. The molecule has 25 heavy (non-hydrogen) atoms. The highest BCUT2D eigenvalue weighted by Gasteiger charge is 2.15. The summed E-state index contributed by atoms with van der Waals surface area (Å²) in [5.41, 5.74) is 2.08. The summed E-state index contributed by atoms with van der Waals surface area (Å²) in [6, 6.07) is 10.7. The number of hydrogen-bond acceptors (Lipinski definition) is 4. The van der Waals surface area contributed by atoms with Crippen LogP contribution in [0.4, 0.5) is 5.82 Å². The molecule has 0 bridgehead atoms. The molecular weight excluding hydrogens is 340 g/mol. The van der Waals surface area contributed by atoms with E-state index in [1.165, 1.54) is 10.6 Å². The van der Waals surface area contributed by atoms with Gasteiger partial charge in [0.05, 0.1) is 5.69 Å². The van der Waals surface area contributed by atoms with E-state index in [1.54, 1.807) is 12.1 Å². The third-order valence-electron chi connectivity index (χ3n) is 4.11. The van der Waals surface area contributed by atoms with E-state index in [0.29, 0.717) is 22.4 Å². The molecule has 2 aromatic heterocycles. The van der Waals surface area contributed by atoms with Gasteiger partial charge in [0, 0.05) is 29.3 Å². The molecular formula is C18H19ClN4O2. The standard InChI is InChI=1S/C18H19ClN4O2/c1-3-11(2)10-20-16-8-14(12-4-6-13(19)7-5-12)21-17-9-15(18(24)25)22-23(16)17/h4-9,11,20H,3,10H2,1-2H3,(H,24,25). The fourth-order valence-corrected chi connectivity index (χ4v) is 2.52. The predicted molar refractivity (Wildman–Crippen MR) is 98.3 cm³/mol. The minimum atomic E-state index is -1.08. The Morgan fingerprint density at radius 2 is 2.04 bits per heavy atom. The molecule has 0 saturated carbocycles. The monoisotopic (exact) mass is 358 g/mol. The van der Waals surface area contributed by atoms with E-state index >= 15 is 0 Å². The smallest absolute Gasteiger partial charge is 0.356 e. The summed E-state index contributed by atoms with van der Waals surface area (Å²) >= 11 is 5.95. The van der Waals surface area contributed by atoms with Crippen molar-refractivity contribution < 1.29 is 9.90 Å². The topological polar surface area (TPSA) is 79.5 Å². The summed E-state index contributed by atoms with van der Waals surface area (Å²) in [6.45, 7) is 5.04. The number of anilines is 1. The molecule has 0 aliphatic heterocycles. The predicted octanol–water partition coefficient (Wildman–Crippen LogP) is 4.21. The van der Waals surface area contributed by atoms with E-state index in [9.17, 15) is 9.90 Å². The summed E-state index contributed by atoms with van der Waals surface area (Å²) < 4.78 is 1.53. The summed E-state index contributed by atoms with van der Waals surface area (Å²) in [7, 11) is 0. The Morgan fingerprint density at radius 1 is 1.32 bits per heavy atom. The molecule has 2 N–H and O–H groups in total. The van der Waals surface area contributed by atoms with Gasteiger partial charge in [0.1, 0.15) is 5.82 Å². The average molecular weight is 359 g/mol. The van der Waals surface area contributed by atoms with Crippen LogP contribution in [0.5, 0.6) is 0 Å². The number of carboxylic acids is 1. The van der Waals surface area contributed by atoms with E-state index < -0.39 is 5.97 Å². The number of carbonyl (C=O) groups is 1. The van der Waals surface area contributed by atoms with Gasteiger partial charge in [-0.05, 0) is 18.1 Å². The molecule has 3 aromatic rings. The highest BCUT2D eigenvalue weighted by Crippen LogP contribution is 2.24. The van der Waals surface area contributed by atoms with Crippen LogP contribution in [-0.2, 0) is 0 Å². The number of aromatic carboxylic acids is 1. The van der Waals surface area contributed by atoms with E-state index in [-0.39, 0.29) is 5.69 Å². The van der Waals surface area contributed by atoms with Crippen molar-refractivity contribution in [2.75, 3.05) is 11.9 Å². The van der Waals surface area contributed by atoms with Crippen LogP contribution in [0.3, 0.4) is 0 Å². The molecule has 0 saturated heterocycles. The number of nitrogens with zero attached hydrogens (tertiary/aromatic N) is 3. The Labute approximate surface area is 150 Å². The Hall–Kier alpha value is -2.60. The molecule has 7 heteroatoms. The number of carboxylic acid groups (broad SMARTS) is 1. The van der Waals surface area contributed by atoms with Gasteiger partial charge in [-0.25, -0.2) is 9.78 Å². The van der Waals surface area contributed by atoms with Crippen LogP contribution < -0.4 is 5.32 Å². The van der Waals surface area contributed by atoms with Crippen molar-refractivity contribution in [1.29, 1.82) is 0 Å². The maximum Gasteiger partial charge on any atom is 0.356 e. The zero-order valence-electron chi connectivity index (χ0n) is 14.0. The molecule has 130 valence electrons. The number of rotatable bonds is 6. The van der Waals surface area contributed by atoms with Gasteiger partial charge in [-0.15, -0.1) is 0 Å². The molecule has 1 atom stereocenters. The van der Waals surface area contributed by atoms with Gasteiger partial charge >= 0.3 is 5.97 Å². The third kappa shape index (κ3) is 3.74. The SMILES string of the molecule is CCC(C)CNc1cc(-c2ccc(Cl)cc2)nc2cc(C(=O)O)nn12. The molecule has 0 amide bonds. The number of aromatic nitrogens is 3. The Kier molecular flexibility index (Phi) is 4.90. The number of fused-ring (bicyclic) bond motifs is 1. The zero-order chi connectivity index (χ0) is 18.0. The van der Waals surface area contributed by atoms with Crippen molar-refractivity contribution in [3.8, 4) is 11.3 Å². The van der Waals surface area contributed by atoms with Crippen LogP contribution >= 0.6 is 11.6 Å². The van der Waals surface area contributed by atoms with E-state index in [2.05, 4.69) is 29.2 Å². The first kappa shape index (κ1) is 17.2. The van der Waals surface area contributed by atoms with Crippen molar-refractivity contribution in [2.24, 2.45) is 5.92 Å². The van der Waals surface area contributed by atoms with Crippen molar-refractivity contribution in [3.63, 3.8) is 0 Å². The van der Waals surface area contributed by atoms with Gasteiger partial charge in [0.15, 0.2) is 11.3 Å². The second-order valence-corrected chi connectivity index (χ2v) is 6.47. The number of nitrogens with one attached hydrogen (secondary N) is 1. The van der Waals surface area contributed by atoms with Crippen LogP contribution in [0.2, 0.25) is 5.02 Å². The van der Waals surface area contributed by atoms with Crippen molar-refractivity contribution in [3.05, 3.63) is 47.1 Å². The summed E-state index contributed by atoms with van der Waals surface area (Å²) in [4.78, 5) is 15.8. The molecule has 3 rings (SSSR count). The Bertz CT molecular complexity index is 905. The minimum absolute atomic E-state index is 0.0349. The molecule has 0 aliphatic rings. The highest BCUT2D eigenvalue weighted by atomic mass is 35.5. The summed E-state index contributed by atoms with van der Waals surface area (Å²) in [5, 5.41) is 17.4. The number of hydrogen-bond donors (Lipinski definition) is 2. The van der Waals surface area contributed by atoms with Crippen molar-refractivity contribution in [2.45, 2.75) is 20.3 Å². The van der Waals surface area contributed by atoms with E-state index in [4.69, 9.17) is 11.6 Å². The summed E-state index contributed by atoms with van der Waals surface area (Å²) in [6.07, 6.45) is 1.05. The van der Waals surface area contributed by atoms with Gasteiger partial charge in [0.2, 0.25) is 0 Å². The molecule has 0 fully saturated rings. The van der Waals surface area contributed by atoms with Crippen molar-refractivity contribution >= 4 is 29.0 Å². The molecule has 1 aromatic carbocycles. The maximum atomic E-state index is 11.2. The zero-order valence-corrected chi connectivity index (χ0v) is 14.8. The largest absolute Gasteiger partial charge is 0.476 e. The first-order chi connectivity index (χ1) is 12.0. The molecule has 1 unspecified atom stereocenters. The quantitative estimate of drug-likeness (QED) is 0.690.